The Morgan fingerprint density at radius 2 is 1.86 bits per heavy atom. The van der Waals surface area contributed by atoms with E-state index in [1.165, 1.54) is 6.07 Å². The highest BCUT2D eigenvalue weighted by Crippen LogP contribution is 2.25. The van der Waals surface area contributed by atoms with Crippen molar-refractivity contribution in [1.29, 1.82) is 0 Å². The van der Waals surface area contributed by atoms with Gasteiger partial charge in [0.05, 0.1) is 6.61 Å². The van der Waals surface area contributed by atoms with Crippen LogP contribution in [0, 0.1) is 5.82 Å². The van der Waals surface area contributed by atoms with Gasteiger partial charge >= 0.3 is 0 Å². The average molecular weight is 289 g/mol. The lowest BCUT2D eigenvalue weighted by Gasteiger charge is -2.15. The van der Waals surface area contributed by atoms with E-state index in [0.29, 0.717) is 6.61 Å². The fraction of sp³-hybridized carbons (Fsp3) is 0.294. The third kappa shape index (κ3) is 3.95. The largest absolute Gasteiger partial charge is 0.493 e. The van der Waals surface area contributed by atoms with E-state index in [4.69, 9.17) is 15.2 Å². The molecule has 21 heavy (non-hydrogen) atoms. The van der Waals surface area contributed by atoms with E-state index >= 15 is 0 Å². The molecule has 0 bridgehead atoms. The van der Waals surface area contributed by atoms with Crippen LogP contribution in [0.2, 0.25) is 0 Å². The van der Waals surface area contributed by atoms with Gasteiger partial charge in [0.25, 0.3) is 0 Å². The molecule has 0 heterocycles. The second-order valence-electron chi connectivity index (χ2n) is 4.81. The molecular weight excluding hydrogens is 269 g/mol. The van der Waals surface area contributed by atoms with E-state index in [-0.39, 0.29) is 24.2 Å². The molecule has 2 N–H and O–H groups in total. The molecule has 0 amide bonds. The third-order valence-electron chi connectivity index (χ3n) is 3.13. The Morgan fingerprint density at radius 3 is 2.52 bits per heavy atom. The van der Waals surface area contributed by atoms with Crippen molar-refractivity contribution >= 4 is 0 Å². The summed E-state index contributed by atoms with van der Waals surface area (Å²) >= 11 is 0. The molecule has 0 radical (unpaired) electrons. The number of hydrogen-bond donors (Lipinski definition) is 1. The number of nitrogens with two attached hydrogens (primary N) is 1. The molecule has 0 aliphatic carbocycles. The van der Waals surface area contributed by atoms with E-state index in [0.717, 1.165) is 16.9 Å². The van der Waals surface area contributed by atoms with Gasteiger partial charge in [-0.2, -0.15) is 0 Å². The van der Waals surface area contributed by atoms with Crippen LogP contribution in [0.3, 0.4) is 0 Å². The lowest BCUT2D eigenvalue weighted by Crippen LogP contribution is -2.08. The first-order chi connectivity index (χ1) is 10.1. The highest BCUT2D eigenvalue weighted by atomic mass is 19.1. The van der Waals surface area contributed by atoms with E-state index in [2.05, 4.69) is 0 Å². The Balaban J connectivity index is 2.20. The topological polar surface area (TPSA) is 44.5 Å². The standard InChI is InChI=1S/C17H20FNO2/c1-3-20-16-9-8-13(12(2)19)10-14(16)11-21-17-7-5-4-6-15(17)18/h4-10,12H,3,11,19H2,1-2H3. The first-order valence-electron chi connectivity index (χ1n) is 7.00. The lowest BCUT2D eigenvalue weighted by atomic mass is 10.1. The summed E-state index contributed by atoms with van der Waals surface area (Å²) in [5.74, 6) is 0.586. The van der Waals surface area contributed by atoms with Crippen molar-refractivity contribution in [3.05, 3.63) is 59.4 Å². The van der Waals surface area contributed by atoms with Crippen molar-refractivity contribution in [3.63, 3.8) is 0 Å². The van der Waals surface area contributed by atoms with Crippen molar-refractivity contribution in [2.75, 3.05) is 6.61 Å². The van der Waals surface area contributed by atoms with Gasteiger partial charge in [-0.25, -0.2) is 4.39 Å². The van der Waals surface area contributed by atoms with Crippen LogP contribution in [0.15, 0.2) is 42.5 Å². The molecule has 2 aromatic rings. The maximum absolute atomic E-state index is 13.6. The Kier molecular flexibility index (Phi) is 5.17. The second kappa shape index (κ2) is 7.09. The maximum Gasteiger partial charge on any atom is 0.165 e. The van der Waals surface area contributed by atoms with Gasteiger partial charge in [0.2, 0.25) is 0 Å². The predicted octanol–water partition coefficient (Wildman–Crippen LogP) is 3.82. The summed E-state index contributed by atoms with van der Waals surface area (Å²) in [6.45, 7) is 4.62. The first kappa shape index (κ1) is 15.3. The molecule has 0 saturated heterocycles. The quantitative estimate of drug-likeness (QED) is 0.879. The van der Waals surface area contributed by atoms with Crippen LogP contribution in [-0.4, -0.2) is 6.61 Å². The van der Waals surface area contributed by atoms with Crippen LogP contribution in [-0.2, 0) is 6.61 Å². The van der Waals surface area contributed by atoms with Crippen molar-refractivity contribution in [2.24, 2.45) is 5.73 Å². The molecular formula is C17H20FNO2. The number of benzene rings is 2. The predicted molar refractivity (Wildman–Crippen MR) is 80.9 cm³/mol. The number of hydrogen-bond acceptors (Lipinski definition) is 3. The number of halogens is 1. The lowest BCUT2D eigenvalue weighted by molar-refractivity contribution is 0.275. The summed E-state index contributed by atoms with van der Waals surface area (Å²) in [7, 11) is 0. The highest BCUT2D eigenvalue weighted by Gasteiger charge is 2.10. The second-order valence-corrected chi connectivity index (χ2v) is 4.81. The molecule has 112 valence electrons. The molecule has 0 fully saturated rings. The Labute approximate surface area is 124 Å². The zero-order valence-corrected chi connectivity index (χ0v) is 12.3. The Hall–Kier alpha value is -2.07. The molecule has 2 aromatic carbocycles. The van der Waals surface area contributed by atoms with Gasteiger partial charge in [-0.15, -0.1) is 0 Å². The van der Waals surface area contributed by atoms with Gasteiger partial charge in [0, 0.05) is 11.6 Å². The molecule has 1 unspecified atom stereocenters. The Morgan fingerprint density at radius 1 is 1.10 bits per heavy atom. The van der Waals surface area contributed by atoms with E-state index in [1.807, 2.05) is 32.0 Å². The normalized spacial score (nSPS) is 12.0. The third-order valence-corrected chi connectivity index (χ3v) is 3.13. The van der Waals surface area contributed by atoms with E-state index in [1.54, 1.807) is 18.2 Å². The molecule has 2 rings (SSSR count). The number of para-hydroxylation sites is 1. The van der Waals surface area contributed by atoms with Gasteiger partial charge < -0.3 is 15.2 Å². The zero-order chi connectivity index (χ0) is 15.2. The van der Waals surface area contributed by atoms with Gasteiger partial charge in [-0.05, 0) is 43.7 Å². The van der Waals surface area contributed by atoms with Crippen LogP contribution >= 0.6 is 0 Å². The zero-order valence-electron chi connectivity index (χ0n) is 12.3. The highest BCUT2D eigenvalue weighted by molar-refractivity contribution is 5.38. The summed E-state index contributed by atoms with van der Waals surface area (Å²) in [6, 6.07) is 12.0. The van der Waals surface area contributed by atoms with Crippen molar-refractivity contribution < 1.29 is 13.9 Å². The molecule has 0 spiro atoms. The minimum atomic E-state index is -0.376. The number of rotatable bonds is 6. The molecule has 1 atom stereocenters. The van der Waals surface area contributed by atoms with Gasteiger partial charge in [0.1, 0.15) is 12.4 Å². The van der Waals surface area contributed by atoms with Gasteiger partial charge in [0.15, 0.2) is 11.6 Å². The van der Waals surface area contributed by atoms with Crippen LogP contribution in [0.5, 0.6) is 11.5 Å². The molecule has 0 aromatic heterocycles. The van der Waals surface area contributed by atoms with Crippen molar-refractivity contribution in [3.8, 4) is 11.5 Å². The average Bonchev–Trinajstić information content (AvgIpc) is 2.47. The van der Waals surface area contributed by atoms with E-state index in [9.17, 15) is 4.39 Å². The molecule has 0 saturated carbocycles. The first-order valence-corrected chi connectivity index (χ1v) is 7.00. The summed E-state index contributed by atoms with van der Waals surface area (Å²) in [4.78, 5) is 0. The van der Waals surface area contributed by atoms with Crippen LogP contribution in [0.25, 0.3) is 0 Å². The van der Waals surface area contributed by atoms with Gasteiger partial charge in [-0.3, -0.25) is 0 Å². The number of ether oxygens (including phenoxy) is 2. The molecule has 0 aliphatic rings. The van der Waals surface area contributed by atoms with Crippen molar-refractivity contribution in [2.45, 2.75) is 26.5 Å². The fourth-order valence-corrected chi connectivity index (χ4v) is 2.01. The van der Waals surface area contributed by atoms with Crippen LogP contribution in [0.4, 0.5) is 4.39 Å². The summed E-state index contributed by atoms with van der Waals surface area (Å²) in [5.41, 5.74) is 7.74. The van der Waals surface area contributed by atoms with Crippen molar-refractivity contribution in [1.82, 2.24) is 0 Å². The fourth-order valence-electron chi connectivity index (χ4n) is 2.01. The minimum absolute atomic E-state index is 0.0760. The van der Waals surface area contributed by atoms with Crippen LogP contribution < -0.4 is 15.2 Å². The minimum Gasteiger partial charge on any atom is -0.493 e. The SMILES string of the molecule is CCOc1ccc(C(C)N)cc1COc1ccccc1F. The monoisotopic (exact) mass is 289 g/mol. The molecule has 0 aliphatic heterocycles. The maximum atomic E-state index is 13.6. The summed E-state index contributed by atoms with van der Waals surface area (Å²) in [5, 5.41) is 0. The Bertz CT molecular complexity index is 599. The summed E-state index contributed by atoms with van der Waals surface area (Å²) < 4.78 is 24.7. The summed E-state index contributed by atoms with van der Waals surface area (Å²) in [6.07, 6.45) is 0. The molecule has 4 heteroatoms. The molecule has 3 nitrogen and oxygen atoms in total. The smallest absolute Gasteiger partial charge is 0.165 e. The van der Waals surface area contributed by atoms with Gasteiger partial charge in [-0.1, -0.05) is 18.2 Å². The van der Waals surface area contributed by atoms with E-state index < -0.39 is 0 Å². The van der Waals surface area contributed by atoms with Crippen LogP contribution in [0.1, 0.15) is 31.0 Å².